The maximum absolute atomic E-state index is 14.2. The molecule has 1 fully saturated rings. The van der Waals surface area contributed by atoms with Crippen LogP contribution in [0.2, 0.25) is 0 Å². The number of piperidine rings is 1. The van der Waals surface area contributed by atoms with E-state index in [1.165, 1.54) is 0 Å². The van der Waals surface area contributed by atoms with Crippen molar-refractivity contribution in [3.63, 3.8) is 0 Å². The Balaban J connectivity index is 2.53. The molecule has 1 N–H and O–H groups in total. The molecule has 1 aliphatic rings. The van der Waals surface area contributed by atoms with Gasteiger partial charge in [0.2, 0.25) is 0 Å². The van der Waals surface area contributed by atoms with Crippen molar-refractivity contribution in [3.8, 4) is 0 Å². The molecule has 0 radical (unpaired) electrons. The van der Waals surface area contributed by atoms with Crippen LogP contribution >= 0.6 is 0 Å². The van der Waals surface area contributed by atoms with Gasteiger partial charge < -0.3 is 5.32 Å². The first-order chi connectivity index (χ1) is 5.73. The number of nitrogens with one attached hydrogen (secondary N) is 1. The van der Waals surface area contributed by atoms with Gasteiger partial charge in [-0.25, -0.2) is 4.39 Å². The number of hydrogen-bond donors (Lipinski definition) is 1. The fourth-order valence-electron chi connectivity index (χ4n) is 2.26. The minimum absolute atomic E-state index is 0.255. The topological polar surface area (TPSA) is 12.0 Å². The number of alkyl halides is 1. The Morgan fingerprint density at radius 1 is 1.42 bits per heavy atom. The third-order valence-electron chi connectivity index (χ3n) is 3.08. The average Bonchev–Trinajstić information content (AvgIpc) is 2.07. The Hall–Kier alpha value is -0.110. The number of hydrogen-bond acceptors (Lipinski definition) is 1. The van der Waals surface area contributed by atoms with Crippen LogP contribution in [0.15, 0.2) is 0 Å². The summed E-state index contributed by atoms with van der Waals surface area (Å²) in [6.45, 7) is 5.74. The third kappa shape index (κ3) is 1.98. The van der Waals surface area contributed by atoms with Crippen molar-refractivity contribution in [3.05, 3.63) is 0 Å². The molecule has 1 rings (SSSR count). The number of rotatable bonds is 3. The fraction of sp³-hybridized carbons (Fsp3) is 1.00. The van der Waals surface area contributed by atoms with Crippen LogP contribution in [-0.4, -0.2) is 18.8 Å². The van der Waals surface area contributed by atoms with Gasteiger partial charge in [-0.05, 0) is 25.3 Å². The van der Waals surface area contributed by atoms with Crippen LogP contribution in [0.3, 0.4) is 0 Å². The smallest absolute Gasteiger partial charge is 0.126 e. The maximum atomic E-state index is 14.2. The lowest BCUT2D eigenvalue weighted by atomic mass is 9.80. The quantitative estimate of drug-likeness (QED) is 0.691. The molecule has 0 bridgehead atoms. The highest BCUT2D eigenvalue weighted by Gasteiger charge is 2.37. The van der Waals surface area contributed by atoms with Gasteiger partial charge in [-0.3, -0.25) is 0 Å². The minimum Gasteiger partial charge on any atom is -0.314 e. The van der Waals surface area contributed by atoms with Gasteiger partial charge in [0.25, 0.3) is 0 Å². The van der Waals surface area contributed by atoms with E-state index < -0.39 is 5.67 Å². The van der Waals surface area contributed by atoms with Crippen molar-refractivity contribution in [2.75, 3.05) is 13.1 Å². The SMILES string of the molecule is CCC(CC)C1(F)CCCNC1. The summed E-state index contributed by atoms with van der Waals surface area (Å²) in [7, 11) is 0. The summed E-state index contributed by atoms with van der Waals surface area (Å²) in [4.78, 5) is 0. The largest absolute Gasteiger partial charge is 0.314 e. The lowest BCUT2D eigenvalue weighted by Crippen LogP contribution is -2.47. The summed E-state index contributed by atoms with van der Waals surface area (Å²) in [5, 5.41) is 3.15. The van der Waals surface area contributed by atoms with Crippen molar-refractivity contribution in [2.24, 2.45) is 5.92 Å². The first kappa shape index (κ1) is 9.97. The summed E-state index contributed by atoms with van der Waals surface area (Å²) in [5.74, 6) is 0.255. The third-order valence-corrected chi connectivity index (χ3v) is 3.08. The Morgan fingerprint density at radius 2 is 2.08 bits per heavy atom. The zero-order chi connectivity index (χ0) is 9.03. The van der Waals surface area contributed by atoms with E-state index in [0.29, 0.717) is 6.54 Å². The Morgan fingerprint density at radius 3 is 2.50 bits per heavy atom. The first-order valence-electron chi connectivity index (χ1n) is 5.12. The maximum Gasteiger partial charge on any atom is 0.126 e. The molecule has 1 saturated heterocycles. The summed E-state index contributed by atoms with van der Waals surface area (Å²) in [6, 6.07) is 0. The molecule has 1 heterocycles. The van der Waals surface area contributed by atoms with Crippen LogP contribution in [0, 0.1) is 5.92 Å². The molecule has 0 saturated carbocycles. The Bertz CT molecular complexity index is 126. The van der Waals surface area contributed by atoms with Gasteiger partial charge in [0.1, 0.15) is 5.67 Å². The Labute approximate surface area is 74.7 Å². The first-order valence-corrected chi connectivity index (χ1v) is 5.12. The van der Waals surface area contributed by atoms with Gasteiger partial charge >= 0.3 is 0 Å². The van der Waals surface area contributed by atoms with Crippen LogP contribution in [0.1, 0.15) is 39.5 Å². The molecule has 0 aromatic heterocycles. The van der Waals surface area contributed by atoms with Gasteiger partial charge in [-0.2, -0.15) is 0 Å². The van der Waals surface area contributed by atoms with Crippen LogP contribution in [-0.2, 0) is 0 Å². The van der Waals surface area contributed by atoms with Crippen LogP contribution in [0.5, 0.6) is 0 Å². The molecule has 2 heteroatoms. The minimum atomic E-state index is -0.915. The molecule has 1 unspecified atom stereocenters. The summed E-state index contributed by atoms with van der Waals surface area (Å²) < 4.78 is 14.2. The van der Waals surface area contributed by atoms with E-state index in [9.17, 15) is 4.39 Å². The van der Waals surface area contributed by atoms with Crippen molar-refractivity contribution in [2.45, 2.75) is 45.2 Å². The average molecular weight is 173 g/mol. The Kier molecular flexibility index (Phi) is 3.51. The second-order valence-electron chi connectivity index (χ2n) is 3.83. The molecule has 12 heavy (non-hydrogen) atoms. The van der Waals surface area contributed by atoms with E-state index in [1.54, 1.807) is 0 Å². The standard InChI is InChI=1S/C10H20FN/c1-3-9(4-2)10(11)6-5-7-12-8-10/h9,12H,3-8H2,1-2H3. The second-order valence-corrected chi connectivity index (χ2v) is 3.83. The van der Waals surface area contributed by atoms with Gasteiger partial charge in [-0.15, -0.1) is 0 Å². The molecule has 0 aromatic rings. The zero-order valence-corrected chi connectivity index (χ0v) is 8.20. The van der Waals surface area contributed by atoms with Crippen molar-refractivity contribution >= 4 is 0 Å². The van der Waals surface area contributed by atoms with E-state index in [0.717, 1.165) is 32.2 Å². The van der Waals surface area contributed by atoms with Crippen LogP contribution < -0.4 is 5.32 Å². The van der Waals surface area contributed by atoms with Crippen LogP contribution in [0.25, 0.3) is 0 Å². The molecular formula is C10H20FN. The lowest BCUT2D eigenvalue weighted by molar-refractivity contribution is 0.0470. The fourth-order valence-corrected chi connectivity index (χ4v) is 2.26. The molecule has 1 nitrogen and oxygen atoms in total. The van der Waals surface area contributed by atoms with E-state index in [4.69, 9.17) is 0 Å². The van der Waals surface area contributed by atoms with Gasteiger partial charge in [0.05, 0.1) is 0 Å². The molecule has 0 aromatic carbocycles. The molecule has 0 aliphatic carbocycles. The van der Waals surface area contributed by atoms with Crippen molar-refractivity contribution in [1.29, 1.82) is 0 Å². The molecular weight excluding hydrogens is 153 g/mol. The molecule has 0 amide bonds. The van der Waals surface area contributed by atoms with E-state index in [-0.39, 0.29) is 5.92 Å². The highest BCUT2D eigenvalue weighted by atomic mass is 19.1. The predicted octanol–water partition coefficient (Wildman–Crippen LogP) is 2.51. The van der Waals surface area contributed by atoms with Gasteiger partial charge in [-0.1, -0.05) is 26.7 Å². The summed E-state index contributed by atoms with van der Waals surface area (Å²) in [6.07, 6.45) is 3.68. The molecule has 72 valence electrons. The normalized spacial score (nSPS) is 31.0. The predicted molar refractivity (Wildman–Crippen MR) is 50.0 cm³/mol. The summed E-state index contributed by atoms with van der Waals surface area (Å²) in [5.41, 5.74) is -0.915. The van der Waals surface area contributed by atoms with Crippen molar-refractivity contribution in [1.82, 2.24) is 5.32 Å². The highest BCUT2D eigenvalue weighted by molar-refractivity contribution is 4.90. The highest BCUT2D eigenvalue weighted by Crippen LogP contribution is 2.33. The zero-order valence-electron chi connectivity index (χ0n) is 8.20. The van der Waals surface area contributed by atoms with E-state index in [2.05, 4.69) is 19.2 Å². The van der Waals surface area contributed by atoms with Gasteiger partial charge in [0.15, 0.2) is 0 Å². The second kappa shape index (κ2) is 4.22. The lowest BCUT2D eigenvalue weighted by Gasteiger charge is -2.36. The van der Waals surface area contributed by atoms with E-state index >= 15 is 0 Å². The van der Waals surface area contributed by atoms with Crippen molar-refractivity contribution < 1.29 is 4.39 Å². The number of halogens is 1. The van der Waals surface area contributed by atoms with E-state index in [1.807, 2.05) is 0 Å². The molecule has 0 spiro atoms. The summed E-state index contributed by atoms with van der Waals surface area (Å²) >= 11 is 0. The monoisotopic (exact) mass is 173 g/mol. The van der Waals surface area contributed by atoms with Gasteiger partial charge in [0, 0.05) is 6.54 Å². The van der Waals surface area contributed by atoms with Crippen LogP contribution in [0.4, 0.5) is 4.39 Å². The molecule has 1 aliphatic heterocycles. The molecule has 1 atom stereocenters.